The van der Waals surface area contributed by atoms with Crippen molar-refractivity contribution in [2.75, 3.05) is 6.54 Å². The summed E-state index contributed by atoms with van der Waals surface area (Å²) in [6, 6.07) is 8.17. The minimum Gasteiger partial charge on any atom is -0.305 e. The Kier molecular flexibility index (Phi) is 4.43. The molecule has 2 rings (SSSR count). The van der Waals surface area contributed by atoms with Gasteiger partial charge in [-0.2, -0.15) is 5.10 Å². The molecule has 96 valence electrons. The van der Waals surface area contributed by atoms with Crippen LogP contribution in [-0.2, 0) is 7.05 Å². The SMILES string of the molecule is CCNC(c1ccccc1Br)c1c(Cl)cnn1C. The Morgan fingerprint density at radius 2 is 2.17 bits per heavy atom. The first-order valence-corrected chi connectivity index (χ1v) is 6.97. The molecule has 1 heterocycles. The molecule has 1 N–H and O–H groups in total. The third-order valence-electron chi connectivity index (χ3n) is 2.84. The molecule has 5 heteroatoms. The molecule has 1 unspecified atom stereocenters. The largest absolute Gasteiger partial charge is 0.305 e. The van der Waals surface area contributed by atoms with Gasteiger partial charge in [0.05, 0.1) is 23.0 Å². The molecular formula is C13H15BrClN3. The van der Waals surface area contributed by atoms with Crippen molar-refractivity contribution in [2.24, 2.45) is 7.05 Å². The first-order chi connectivity index (χ1) is 8.65. The predicted octanol–water partition coefficient (Wildman–Crippen LogP) is 3.53. The highest BCUT2D eigenvalue weighted by molar-refractivity contribution is 9.10. The maximum atomic E-state index is 6.24. The summed E-state index contributed by atoms with van der Waals surface area (Å²) >= 11 is 9.83. The summed E-state index contributed by atoms with van der Waals surface area (Å²) in [5, 5.41) is 8.33. The molecule has 0 bridgehead atoms. The first kappa shape index (κ1) is 13.6. The topological polar surface area (TPSA) is 29.9 Å². The number of nitrogens with zero attached hydrogens (tertiary/aromatic N) is 2. The Morgan fingerprint density at radius 3 is 2.72 bits per heavy atom. The summed E-state index contributed by atoms with van der Waals surface area (Å²) < 4.78 is 2.88. The van der Waals surface area contributed by atoms with E-state index in [4.69, 9.17) is 11.6 Å². The Morgan fingerprint density at radius 1 is 1.44 bits per heavy atom. The molecule has 1 atom stereocenters. The van der Waals surface area contributed by atoms with Crippen molar-refractivity contribution in [3.8, 4) is 0 Å². The zero-order valence-corrected chi connectivity index (χ0v) is 12.7. The summed E-state index contributed by atoms with van der Waals surface area (Å²) in [5.41, 5.74) is 2.13. The highest BCUT2D eigenvalue weighted by Crippen LogP contribution is 2.31. The molecular weight excluding hydrogens is 314 g/mol. The van der Waals surface area contributed by atoms with Crippen LogP contribution >= 0.6 is 27.5 Å². The monoisotopic (exact) mass is 327 g/mol. The molecule has 2 aromatic rings. The van der Waals surface area contributed by atoms with Crippen LogP contribution in [0.5, 0.6) is 0 Å². The number of hydrogen-bond acceptors (Lipinski definition) is 2. The molecule has 3 nitrogen and oxygen atoms in total. The van der Waals surface area contributed by atoms with Gasteiger partial charge in [0, 0.05) is 11.5 Å². The average Bonchev–Trinajstić information content (AvgIpc) is 2.68. The zero-order valence-electron chi connectivity index (χ0n) is 10.3. The van der Waals surface area contributed by atoms with Crippen LogP contribution in [0, 0.1) is 0 Å². The second kappa shape index (κ2) is 5.87. The Labute approximate surface area is 120 Å². The van der Waals surface area contributed by atoms with Gasteiger partial charge in [0.1, 0.15) is 0 Å². The molecule has 1 aromatic heterocycles. The van der Waals surface area contributed by atoms with Gasteiger partial charge >= 0.3 is 0 Å². The third-order valence-corrected chi connectivity index (χ3v) is 3.85. The molecule has 18 heavy (non-hydrogen) atoms. The van der Waals surface area contributed by atoms with Crippen LogP contribution in [0.15, 0.2) is 34.9 Å². The number of aromatic nitrogens is 2. The Balaban J connectivity index is 2.50. The van der Waals surface area contributed by atoms with E-state index in [1.54, 1.807) is 6.20 Å². The van der Waals surface area contributed by atoms with E-state index in [-0.39, 0.29) is 6.04 Å². The maximum Gasteiger partial charge on any atom is 0.0837 e. The van der Waals surface area contributed by atoms with Gasteiger partial charge in [-0.3, -0.25) is 4.68 Å². The second-order valence-corrected chi connectivity index (χ2v) is 5.28. The van der Waals surface area contributed by atoms with Gasteiger partial charge < -0.3 is 5.32 Å². The van der Waals surface area contributed by atoms with Crippen LogP contribution in [0.25, 0.3) is 0 Å². The van der Waals surface area contributed by atoms with Crippen LogP contribution in [0.2, 0.25) is 5.02 Å². The average molecular weight is 329 g/mol. The summed E-state index contributed by atoms with van der Waals surface area (Å²) in [6.07, 6.45) is 1.68. The van der Waals surface area contributed by atoms with Gasteiger partial charge in [-0.25, -0.2) is 0 Å². The van der Waals surface area contributed by atoms with E-state index in [1.165, 1.54) is 0 Å². The van der Waals surface area contributed by atoms with E-state index in [9.17, 15) is 0 Å². The normalized spacial score (nSPS) is 12.7. The molecule has 0 amide bonds. The molecule has 0 saturated carbocycles. The lowest BCUT2D eigenvalue weighted by atomic mass is 10.0. The van der Waals surface area contributed by atoms with Crippen molar-refractivity contribution in [1.29, 1.82) is 0 Å². The Hall–Kier alpha value is -0.840. The van der Waals surface area contributed by atoms with Gasteiger partial charge in [-0.05, 0) is 18.2 Å². The number of benzene rings is 1. The highest BCUT2D eigenvalue weighted by Gasteiger charge is 2.21. The van der Waals surface area contributed by atoms with E-state index in [0.717, 1.165) is 22.3 Å². The van der Waals surface area contributed by atoms with Crippen LogP contribution in [0.1, 0.15) is 24.2 Å². The summed E-state index contributed by atoms with van der Waals surface area (Å²) in [7, 11) is 1.91. The number of rotatable bonds is 4. The highest BCUT2D eigenvalue weighted by atomic mass is 79.9. The lowest BCUT2D eigenvalue weighted by Crippen LogP contribution is -2.24. The molecule has 0 radical (unpaired) electrons. The molecule has 0 aliphatic heterocycles. The van der Waals surface area contributed by atoms with E-state index in [0.29, 0.717) is 5.02 Å². The number of nitrogens with one attached hydrogen (secondary N) is 1. The van der Waals surface area contributed by atoms with Crippen LogP contribution in [0.3, 0.4) is 0 Å². The van der Waals surface area contributed by atoms with Crippen molar-refractivity contribution in [2.45, 2.75) is 13.0 Å². The minimum atomic E-state index is 0.0329. The fraction of sp³-hybridized carbons (Fsp3) is 0.308. The standard InChI is InChI=1S/C13H15BrClN3/c1-3-16-12(9-6-4-5-7-10(9)14)13-11(15)8-17-18(13)2/h4-8,12,16H,3H2,1-2H3. The molecule has 1 aromatic carbocycles. The van der Waals surface area contributed by atoms with Crippen LogP contribution < -0.4 is 5.32 Å². The fourth-order valence-electron chi connectivity index (χ4n) is 2.01. The molecule has 0 aliphatic rings. The van der Waals surface area contributed by atoms with Gasteiger partial charge in [0.15, 0.2) is 0 Å². The Bertz CT molecular complexity index is 519. The lowest BCUT2D eigenvalue weighted by molar-refractivity contribution is 0.571. The van der Waals surface area contributed by atoms with Crippen LogP contribution in [0.4, 0.5) is 0 Å². The van der Waals surface area contributed by atoms with Crippen molar-refractivity contribution < 1.29 is 0 Å². The van der Waals surface area contributed by atoms with E-state index in [2.05, 4.69) is 39.3 Å². The number of halogens is 2. The first-order valence-electron chi connectivity index (χ1n) is 5.80. The molecule has 0 spiro atoms. The lowest BCUT2D eigenvalue weighted by Gasteiger charge is -2.20. The van der Waals surface area contributed by atoms with Gasteiger partial charge in [0.25, 0.3) is 0 Å². The van der Waals surface area contributed by atoms with E-state index in [1.807, 2.05) is 29.9 Å². The predicted molar refractivity (Wildman–Crippen MR) is 77.9 cm³/mol. The van der Waals surface area contributed by atoms with Crippen molar-refractivity contribution in [1.82, 2.24) is 15.1 Å². The van der Waals surface area contributed by atoms with Gasteiger partial charge in [-0.1, -0.05) is 52.7 Å². The van der Waals surface area contributed by atoms with Crippen LogP contribution in [-0.4, -0.2) is 16.3 Å². The van der Waals surface area contributed by atoms with E-state index >= 15 is 0 Å². The van der Waals surface area contributed by atoms with Crippen molar-refractivity contribution >= 4 is 27.5 Å². The molecule has 0 saturated heterocycles. The smallest absolute Gasteiger partial charge is 0.0837 e. The quantitative estimate of drug-likeness (QED) is 0.930. The molecule has 0 aliphatic carbocycles. The second-order valence-electron chi connectivity index (χ2n) is 4.01. The van der Waals surface area contributed by atoms with Crippen molar-refractivity contribution in [3.05, 3.63) is 51.2 Å². The molecule has 0 fully saturated rings. The van der Waals surface area contributed by atoms with E-state index < -0.39 is 0 Å². The van der Waals surface area contributed by atoms with Crippen molar-refractivity contribution in [3.63, 3.8) is 0 Å². The zero-order chi connectivity index (χ0) is 13.1. The summed E-state index contributed by atoms with van der Waals surface area (Å²) in [5.74, 6) is 0. The summed E-state index contributed by atoms with van der Waals surface area (Å²) in [4.78, 5) is 0. The minimum absolute atomic E-state index is 0.0329. The maximum absolute atomic E-state index is 6.24. The number of hydrogen-bond donors (Lipinski definition) is 1. The fourth-order valence-corrected chi connectivity index (χ4v) is 2.80. The van der Waals surface area contributed by atoms with Gasteiger partial charge in [-0.15, -0.1) is 0 Å². The number of aryl methyl sites for hydroxylation is 1. The van der Waals surface area contributed by atoms with Gasteiger partial charge in [0.2, 0.25) is 0 Å². The third kappa shape index (κ3) is 2.60. The summed E-state index contributed by atoms with van der Waals surface area (Å²) in [6.45, 7) is 2.93.